The minimum Gasteiger partial charge on any atom is -0.416 e. The van der Waals surface area contributed by atoms with Crippen LogP contribution in [0.3, 0.4) is 0 Å². The molecule has 3 N–H and O–H groups in total. The molecule has 1 fully saturated rings. The van der Waals surface area contributed by atoms with Crippen LogP contribution in [0.4, 0.5) is 4.79 Å². The van der Waals surface area contributed by atoms with Crippen molar-refractivity contribution in [3.63, 3.8) is 0 Å². The fourth-order valence-corrected chi connectivity index (χ4v) is 0.939. The number of hydrogen-bond acceptors (Lipinski definition) is 5. The third kappa shape index (κ3) is 4.48. The Morgan fingerprint density at radius 2 is 2.36 bits per heavy atom. The minimum atomic E-state index is -2.33. The van der Waals surface area contributed by atoms with Crippen LogP contribution in [0.25, 0.3) is 0 Å². The highest BCUT2D eigenvalue weighted by molar-refractivity contribution is 7.77. The van der Waals surface area contributed by atoms with Gasteiger partial charge >= 0.3 is 6.09 Å². The molecule has 1 heterocycles. The average molecular weight is 226 g/mol. The van der Waals surface area contributed by atoms with E-state index in [-0.39, 0.29) is 6.61 Å². The third-order valence-electron chi connectivity index (χ3n) is 1.26. The first-order valence-electron chi connectivity index (χ1n) is 3.71. The Bertz CT molecular complexity index is 218. The summed E-state index contributed by atoms with van der Waals surface area (Å²) in [4.78, 5) is 12.6. The highest BCUT2D eigenvalue weighted by atomic mass is 32.2. The van der Waals surface area contributed by atoms with E-state index in [9.17, 15) is 9.00 Å². The molecule has 1 aliphatic rings. The summed E-state index contributed by atoms with van der Waals surface area (Å²) in [5.74, 6) is 0. The maximum Gasteiger partial charge on any atom is 0.424 e. The molecule has 14 heavy (non-hydrogen) atoms. The number of hydrazine groups is 1. The lowest BCUT2D eigenvalue weighted by molar-refractivity contribution is -0.184. The molecule has 0 radical (unpaired) electrons. The van der Waals surface area contributed by atoms with E-state index in [0.29, 0.717) is 13.2 Å². The Hall–Kier alpha value is -0.740. The van der Waals surface area contributed by atoms with Crippen molar-refractivity contribution >= 4 is 17.4 Å². The van der Waals surface area contributed by atoms with Gasteiger partial charge in [0, 0.05) is 0 Å². The first kappa shape index (κ1) is 11.3. The third-order valence-corrected chi connectivity index (χ3v) is 1.54. The molecule has 9 heteroatoms. The van der Waals surface area contributed by atoms with Crippen LogP contribution < -0.4 is 10.3 Å². The van der Waals surface area contributed by atoms with E-state index in [4.69, 9.17) is 14.0 Å². The second kappa shape index (κ2) is 5.88. The normalized spacial score (nSPS) is 23.9. The van der Waals surface area contributed by atoms with E-state index in [2.05, 4.69) is 4.74 Å². The monoisotopic (exact) mass is 226 g/mol. The van der Waals surface area contributed by atoms with Crippen LogP contribution in [-0.2, 0) is 25.5 Å². The van der Waals surface area contributed by atoms with Crippen molar-refractivity contribution in [1.82, 2.24) is 10.3 Å². The lowest BCUT2D eigenvalue weighted by Crippen LogP contribution is -2.42. The van der Waals surface area contributed by atoms with Gasteiger partial charge < -0.3 is 14.2 Å². The van der Waals surface area contributed by atoms with Crippen molar-refractivity contribution in [2.45, 2.75) is 6.29 Å². The summed E-state index contributed by atoms with van der Waals surface area (Å²) < 4.78 is 32.9. The van der Waals surface area contributed by atoms with E-state index in [1.807, 2.05) is 5.43 Å². The number of carbonyl (C=O) groups is 1. The molecule has 1 rings (SSSR count). The van der Waals surface area contributed by atoms with Gasteiger partial charge in [-0.1, -0.05) is 0 Å². The smallest absolute Gasteiger partial charge is 0.416 e. The van der Waals surface area contributed by atoms with Gasteiger partial charge in [0.05, 0.1) is 13.2 Å². The number of carbonyl (C=O) groups excluding carboxylic acids is 1. The van der Waals surface area contributed by atoms with Gasteiger partial charge in [0.15, 0.2) is 0 Å². The lowest BCUT2D eigenvalue weighted by atomic mass is 10.6. The highest BCUT2D eigenvalue weighted by Gasteiger charge is 2.18. The van der Waals surface area contributed by atoms with Gasteiger partial charge in [-0.25, -0.2) is 14.4 Å². The van der Waals surface area contributed by atoms with Gasteiger partial charge in [-0.15, -0.1) is 4.83 Å². The predicted molar refractivity (Wildman–Crippen MR) is 44.1 cm³/mol. The van der Waals surface area contributed by atoms with Crippen LogP contribution in [0.15, 0.2) is 0 Å². The van der Waals surface area contributed by atoms with Gasteiger partial charge in [-0.05, 0) is 0 Å². The molecule has 0 bridgehead atoms. The number of nitrogens with one attached hydrogen (secondary N) is 2. The number of hydrogen-bond donors (Lipinski definition) is 3. The summed E-state index contributed by atoms with van der Waals surface area (Å²) in [6.07, 6.45) is -1.69. The van der Waals surface area contributed by atoms with Gasteiger partial charge in [-0.2, -0.15) is 0 Å². The maximum absolute atomic E-state index is 10.8. The summed E-state index contributed by atoms with van der Waals surface area (Å²) in [5.41, 5.74) is 1.83. The molecule has 1 amide bonds. The van der Waals surface area contributed by atoms with Crippen LogP contribution in [0.1, 0.15) is 0 Å². The second-order valence-electron chi connectivity index (χ2n) is 2.26. The molecule has 2 unspecified atom stereocenters. The maximum atomic E-state index is 10.8. The van der Waals surface area contributed by atoms with Crippen LogP contribution >= 0.6 is 0 Å². The second-order valence-corrected chi connectivity index (χ2v) is 2.96. The predicted octanol–water partition coefficient (Wildman–Crippen LogP) is -1.27. The molecular formula is C5H10N2O6S. The van der Waals surface area contributed by atoms with Crippen molar-refractivity contribution in [1.29, 1.82) is 0 Å². The van der Waals surface area contributed by atoms with E-state index in [1.165, 1.54) is 0 Å². The fourth-order valence-electron chi connectivity index (χ4n) is 0.768. The zero-order chi connectivity index (χ0) is 10.4. The SMILES string of the molecule is O=C(NNS(=O)O)OC1COCCO1. The molecule has 0 saturated carbocycles. The van der Waals surface area contributed by atoms with E-state index >= 15 is 0 Å². The average Bonchev–Trinajstić information content (AvgIpc) is 2.16. The zero-order valence-electron chi connectivity index (χ0n) is 7.10. The van der Waals surface area contributed by atoms with Crippen LogP contribution in [-0.4, -0.2) is 41.0 Å². The molecule has 0 aromatic heterocycles. The number of amides is 1. The number of ether oxygens (including phenoxy) is 3. The quantitative estimate of drug-likeness (QED) is 0.409. The Labute approximate surface area is 82.3 Å². The minimum absolute atomic E-state index is 0.148. The fraction of sp³-hybridized carbons (Fsp3) is 0.800. The van der Waals surface area contributed by atoms with Gasteiger partial charge in [-0.3, -0.25) is 4.55 Å². The van der Waals surface area contributed by atoms with E-state index < -0.39 is 23.6 Å². The van der Waals surface area contributed by atoms with Crippen molar-refractivity contribution in [3.05, 3.63) is 0 Å². The Kier molecular flexibility index (Phi) is 4.76. The lowest BCUT2D eigenvalue weighted by Gasteiger charge is -2.22. The summed E-state index contributed by atoms with van der Waals surface area (Å²) in [6.45, 7) is 0.952. The van der Waals surface area contributed by atoms with Crippen LogP contribution in [0.5, 0.6) is 0 Å². The molecule has 0 aliphatic carbocycles. The van der Waals surface area contributed by atoms with Gasteiger partial charge in [0.25, 0.3) is 11.3 Å². The van der Waals surface area contributed by atoms with Crippen molar-refractivity contribution in [3.8, 4) is 0 Å². The standard InChI is InChI=1S/C5H10N2O6S/c8-5(6-7-14(9)10)13-4-3-11-1-2-12-4/h4,7H,1-3H2,(H,6,8)(H,9,10). The number of rotatable bonds is 3. The van der Waals surface area contributed by atoms with Gasteiger partial charge in [0.2, 0.25) is 6.29 Å². The molecule has 82 valence electrons. The molecule has 0 aromatic rings. The Morgan fingerprint density at radius 3 is 2.93 bits per heavy atom. The van der Waals surface area contributed by atoms with E-state index in [1.54, 1.807) is 4.83 Å². The highest BCUT2D eigenvalue weighted by Crippen LogP contribution is 2.01. The summed E-state index contributed by atoms with van der Waals surface area (Å²) >= 11 is -2.33. The first-order chi connectivity index (χ1) is 6.68. The van der Waals surface area contributed by atoms with Crippen LogP contribution in [0, 0.1) is 0 Å². The molecule has 0 spiro atoms. The largest absolute Gasteiger partial charge is 0.424 e. The molecule has 2 atom stereocenters. The van der Waals surface area contributed by atoms with E-state index in [0.717, 1.165) is 0 Å². The molecule has 1 saturated heterocycles. The van der Waals surface area contributed by atoms with Crippen LogP contribution in [0.2, 0.25) is 0 Å². The van der Waals surface area contributed by atoms with Gasteiger partial charge in [0.1, 0.15) is 6.61 Å². The molecule has 8 nitrogen and oxygen atoms in total. The Balaban J connectivity index is 2.15. The molecule has 0 aromatic carbocycles. The Morgan fingerprint density at radius 1 is 1.57 bits per heavy atom. The topological polar surface area (TPSA) is 106 Å². The summed E-state index contributed by atoms with van der Waals surface area (Å²) in [6, 6.07) is 0. The summed E-state index contributed by atoms with van der Waals surface area (Å²) in [5, 5.41) is 0. The molecule has 1 aliphatic heterocycles. The van der Waals surface area contributed by atoms with Crippen molar-refractivity contribution in [2.75, 3.05) is 19.8 Å². The summed E-state index contributed by atoms with van der Waals surface area (Å²) in [7, 11) is 0. The first-order valence-corrected chi connectivity index (χ1v) is 4.81. The zero-order valence-corrected chi connectivity index (χ0v) is 7.91. The van der Waals surface area contributed by atoms with Crippen molar-refractivity contribution in [2.24, 2.45) is 0 Å². The van der Waals surface area contributed by atoms with Crippen molar-refractivity contribution < 1.29 is 27.8 Å². The molecular weight excluding hydrogens is 216 g/mol.